The Labute approximate surface area is 170 Å². The van der Waals surface area contributed by atoms with Crippen LogP contribution in [0.25, 0.3) is 10.8 Å². The van der Waals surface area contributed by atoms with Gasteiger partial charge in [0.2, 0.25) is 0 Å². The zero-order valence-corrected chi connectivity index (χ0v) is 16.1. The van der Waals surface area contributed by atoms with Crippen molar-refractivity contribution >= 4 is 22.4 Å². The number of piperidine rings is 1. The van der Waals surface area contributed by atoms with Crippen LogP contribution in [0.1, 0.15) is 41.6 Å². The first-order valence-electron chi connectivity index (χ1n) is 10.2. The SMILES string of the molecule is N#Cc1ccc(N2C3CCC2CC(OC(=O)c2ccccc2)C3)c2ccccc12. The highest BCUT2D eigenvalue weighted by Gasteiger charge is 2.42. The van der Waals surface area contributed by atoms with E-state index in [1.165, 1.54) is 5.69 Å². The summed E-state index contributed by atoms with van der Waals surface area (Å²) in [5.74, 6) is -0.229. The van der Waals surface area contributed by atoms with Crippen LogP contribution in [0.15, 0.2) is 66.7 Å². The fourth-order valence-electron chi connectivity index (χ4n) is 5.02. The average Bonchev–Trinajstić information content (AvgIpc) is 3.03. The molecule has 2 aliphatic rings. The molecule has 2 heterocycles. The molecule has 0 saturated carbocycles. The Morgan fingerprint density at radius 2 is 1.55 bits per heavy atom. The van der Waals surface area contributed by atoms with Gasteiger partial charge in [0, 0.05) is 41.4 Å². The molecule has 3 aromatic carbocycles. The summed E-state index contributed by atoms with van der Waals surface area (Å²) >= 11 is 0. The maximum Gasteiger partial charge on any atom is 0.338 e. The number of nitriles is 1. The number of anilines is 1. The molecule has 144 valence electrons. The topological polar surface area (TPSA) is 53.3 Å². The molecule has 5 rings (SSSR count). The smallest absolute Gasteiger partial charge is 0.338 e. The molecule has 2 saturated heterocycles. The Kier molecular flexibility index (Phi) is 4.44. The third-order valence-corrected chi connectivity index (χ3v) is 6.27. The molecule has 2 bridgehead atoms. The molecular formula is C25H22N2O2. The Bertz CT molecular complexity index is 1090. The Morgan fingerprint density at radius 3 is 2.24 bits per heavy atom. The summed E-state index contributed by atoms with van der Waals surface area (Å²) in [5.41, 5.74) is 2.52. The van der Waals surface area contributed by atoms with Crippen LogP contribution in [-0.2, 0) is 4.74 Å². The average molecular weight is 382 g/mol. The van der Waals surface area contributed by atoms with Crippen molar-refractivity contribution < 1.29 is 9.53 Å². The Hall–Kier alpha value is -3.32. The van der Waals surface area contributed by atoms with Gasteiger partial charge in [0.25, 0.3) is 0 Å². The predicted octanol–water partition coefficient (Wildman–Crippen LogP) is 5.07. The van der Waals surface area contributed by atoms with Crippen LogP contribution in [0, 0.1) is 11.3 Å². The minimum absolute atomic E-state index is 0.0406. The lowest BCUT2D eigenvalue weighted by Crippen LogP contribution is -2.46. The van der Waals surface area contributed by atoms with Gasteiger partial charge in [-0.05, 0) is 37.1 Å². The van der Waals surface area contributed by atoms with Crippen molar-refractivity contribution in [1.29, 1.82) is 5.26 Å². The molecule has 4 heteroatoms. The summed E-state index contributed by atoms with van der Waals surface area (Å²) < 4.78 is 5.86. The first-order chi connectivity index (χ1) is 14.2. The number of hydrogen-bond donors (Lipinski definition) is 0. The molecule has 3 aromatic rings. The van der Waals surface area contributed by atoms with Gasteiger partial charge in [-0.3, -0.25) is 0 Å². The van der Waals surface area contributed by atoms with Crippen molar-refractivity contribution in [1.82, 2.24) is 0 Å². The standard InChI is InChI=1S/C25H22N2O2/c26-16-18-10-13-24(23-9-5-4-8-22(18)23)27-19-11-12-20(27)15-21(14-19)29-25(28)17-6-2-1-3-7-17/h1-10,13,19-21H,11-12,14-15H2. The summed E-state index contributed by atoms with van der Waals surface area (Å²) in [7, 11) is 0. The van der Waals surface area contributed by atoms with Crippen molar-refractivity contribution in [3.8, 4) is 6.07 Å². The van der Waals surface area contributed by atoms with Gasteiger partial charge in [0.05, 0.1) is 17.2 Å². The second-order valence-electron chi connectivity index (χ2n) is 7.95. The number of esters is 1. The van der Waals surface area contributed by atoms with E-state index < -0.39 is 0 Å². The van der Waals surface area contributed by atoms with Crippen molar-refractivity contribution in [2.75, 3.05) is 4.90 Å². The van der Waals surface area contributed by atoms with E-state index in [1.54, 1.807) is 12.1 Å². The molecule has 2 aliphatic heterocycles. The maximum atomic E-state index is 12.5. The fraction of sp³-hybridized carbons (Fsp3) is 0.280. The van der Waals surface area contributed by atoms with Gasteiger partial charge in [0.1, 0.15) is 6.10 Å². The van der Waals surface area contributed by atoms with Gasteiger partial charge < -0.3 is 9.64 Å². The fourth-order valence-corrected chi connectivity index (χ4v) is 5.02. The number of hydrogen-bond acceptors (Lipinski definition) is 4. The monoisotopic (exact) mass is 382 g/mol. The van der Waals surface area contributed by atoms with Gasteiger partial charge in [-0.15, -0.1) is 0 Å². The van der Waals surface area contributed by atoms with E-state index in [4.69, 9.17) is 4.74 Å². The van der Waals surface area contributed by atoms with Gasteiger partial charge in [-0.25, -0.2) is 4.79 Å². The van der Waals surface area contributed by atoms with Crippen LogP contribution in [0.2, 0.25) is 0 Å². The number of rotatable bonds is 3. The van der Waals surface area contributed by atoms with E-state index in [9.17, 15) is 10.1 Å². The van der Waals surface area contributed by atoms with Crippen molar-refractivity contribution in [3.05, 3.63) is 77.9 Å². The normalized spacial score (nSPS) is 23.0. The predicted molar refractivity (Wildman–Crippen MR) is 113 cm³/mol. The number of ether oxygens (including phenoxy) is 1. The van der Waals surface area contributed by atoms with Crippen molar-refractivity contribution in [2.45, 2.75) is 43.9 Å². The zero-order chi connectivity index (χ0) is 19.8. The van der Waals surface area contributed by atoms with E-state index in [2.05, 4.69) is 23.1 Å². The quantitative estimate of drug-likeness (QED) is 0.594. The van der Waals surface area contributed by atoms with Crippen LogP contribution in [-0.4, -0.2) is 24.2 Å². The number of fused-ring (bicyclic) bond motifs is 3. The molecule has 0 N–H and O–H groups in total. The molecule has 29 heavy (non-hydrogen) atoms. The number of nitrogens with zero attached hydrogens (tertiary/aromatic N) is 2. The van der Waals surface area contributed by atoms with Crippen LogP contribution in [0.5, 0.6) is 0 Å². The largest absolute Gasteiger partial charge is 0.459 e. The van der Waals surface area contributed by atoms with Crippen LogP contribution < -0.4 is 4.90 Å². The summed E-state index contributed by atoms with van der Waals surface area (Å²) in [6.45, 7) is 0. The number of carbonyl (C=O) groups excluding carboxylic acids is 1. The molecule has 0 aliphatic carbocycles. The molecular weight excluding hydrogens is 360 g/mol. The number of benzene rings is 3. The number of carbonyl (C=O) groups is 1. The summed E-state index contributed by atoms with van der Waals surface area (Å²) in [6.07, 6.45) is 3.88. The maximum absolute atomic E-state index is 12.5. The molecule has 0 amide bonds. The second-order valence-corrected chi connectivity index (χ2v) is 7.95. The Morgan fingerprint density at radius 1 is 0.897 bits per heavy atom. The first kappa shape index (κ1) is 17.8. The highest BCUT2D eigenvalue weighted by atomic mass is 16.5. The van der Waals surface area contributed by atoms with Crippen LogP contribution >= 0.6 is 0 Å². The third kappa shape index (κ3) is 3.13. The highest BCUT2D eigenvalue weighted by molar-refractivity contribution is 5.98. The highest BCUT2D eigenvalue weighted by Crippen LogP contribution is 2.43. The van der Waals surface area contributed by atoms with E-state index in [-0.39, 0.29) is 12.1 Å². The minimum Gasteiger partial charge on any atom is -0.459 e. The summed E-state index contributed by atoms with van der Waals surface area (Å²) in [6, 6.07) is 24.4. The lowest BCUT2D eigenvalue weighted by molar-refractivity contribution is 0.0204. The van der Waals surface area contributed by atoms with E-state index >= 15 is 0 Å². The summed E-state index contributed by atoms with van der Waals surface area (Å²) in [5, 5.41) is 11.6. The molecule has 0 aromatic heterocycles. The Balaban J connectivity index is 1.40. The molecule has 2 unspecified atom stereocenters. The van der Waals surface area contributed by atoms with Gasteiger partial charge >= 0.3 is 5.97 Å². The molecule has 4 nitrogen and oxygen atoms in total. The molecule has 0 radical (unpaired) electrons. The van der Waals surface area contributed by atoms with E-state index in [0.717, 1.165) is 36.5 Å². The van der Waals surface area contributed by atoms with Crippen molar-refractivity contribution in [3.63, 3.8) is 0 Å². The van der Waals surface area contributed by atoms with Crippen molar-refractivity contribution in [2.24, 2.45) is 0 Å². The van der Waals surface area contributed by atoms with Gasteiger partial charge in [0.15, 0.2) is 0 Å². The van der Waals surface area contributed by atoms with E-state index in [0.29, 0.717) is 23.2 Å². The molecule has 0 spiro atoms. The van der Waals surface area contributed by atoms with Gasteiger partial charge in [-0.1, -0.05) is 42.5 Å². The molecule has 2 fully saturated rings. The van der Waals surface area contributed by atoms with Crippen LogP contribution in [0.3, 0.4) is 0 Å². The third-order valence-electron chi connectivity index (χ3n) is 6.27. The lowest BCUT2D eigenvalue weighted by atomic mass is 9.96. The van der Waals surface area contributed by atoms with Gasteiger partial charge in [-0.2, -0.15) is 5.26 Å². The van der Waals surface area contributed by atoms with E-state index in [1.807, 2.05) is 42.5 Å². The zero-order valence-electron chi connectivity index (χ0n) is 16.1. The first-order valence-corrected chi connectivity index (χ1v) is 10.2. The molecule has 2 atom stereocenters. The lowest BCUT2D eigenvalue weighted by Gasteiger charge is -2.40. The second kappa shape index (κ2) is 7.25. The summed E-state index contributed by atoms with van der Waals surface area (Å²) in [4.78, 5) is 15.0. The minimum atomic E-state index is -0.229. The van der Waals surface area contributed by atoms with Crippen LogP contribution in [0.4, 0.5) is 5.69 Å².